The lowest BCUT2D eigenvalue weighted by Crippen LogP contribution is -2.13. The molecule has 3 nitrogen and oxygen atoms in total. The Balaban J connectivity index is 3.30. The van der Waals surface area contributed by atoms with Gasteiger partial charge >= 0.3 is 0 Å². The van der Waals surface area contributed by atoms with Crippen molar-refractivity contribution in [3.05, 3.63) is 12.7 Å². The van der Waals surface area contributed by atoms with E-state index in [0.29, 0.717) is 6.29 Å². The normalized spacial score (nSPS) is 12.6. The quantitative estimate of drug-likeness (QED) is 0.412. The highest BCUT2D eigenvalue weighted by Crippen LogP contribution is 1.86. The van der Waals surface area contributed by atoms with Crippen LogP contribution in [0.2, 0.25) is 0 Å². The van der Waals surface area contributed by atoms with Gasteiger partial charge in [0, 0.05) is 0 Å². The molecule has 0 aromatic carbocycles. The van der Waals surface area contributed by atoms with Crippen LogP contribution in [0.1, 0.15) is 0 Å². The summed E-state index contributed by atoms with van der Waals surface area (Å²) in [5, 5.41) is 8.23. The molecule has 0 radical (unpaired) electrons. The van der Waals surface area contributed by atoms with Gasteiger partial charge in [0.15, 0.2) is 6.29 Å². The summed E-state index contributed by atoms with van der Waals surface area (Å²) in [7, 11) is 0. The number of aliphatic hydroxyl groups excluding tert-OH is 1. The summed E-state index contributed by atoms with van der Waals surface area (Å²) in [6.45, 7) is 3.45. The van der Waals surface area contributed by atoms with E-state index in [2.05, 4.69) is 6.58 Å². The highest BCUT2D eigenvalue weighted by molar-refractivity contribution is 5.58. The fourth-order valence-corrected chi connectivity index (χ4v) is 0.352. The van der Waals surface area contributed by atoms with Crippen molar-refractivity contribution in [3.63, 3.8) is 0 Å². The Labute approximate surface area is 53.9 Å². The number of rotatable bonds is 5. The molecule has 0 bridgehead atoms. The standard InChI is InChI=1S/C6H10O3/c1-2-6(5-8)9-4-3-7/h2,5-7H,1,3-4H2. The second kappa shape index (κ2) is 5.47. The summed E-state index contributed by atoms with van der Waals surface area (Å²) in [6.07, 6.45) is 1.43. The minimum Gasteiger partial charge on any atom is -0.394 e. The van der Waals surface area contributed by atoms with Crippen LogP contribution >= 0.6 is 0 Å². The van der Waals surface area contributed by atoms with Crippen molar-refractivity contribution < 1.29 is 14.6 Å². The van der Waals surface area contributed by atoms with Crippen LogP contribution in [-0.2, 0) is 9.53 Å². The topological polar surface area (TPSA) is 46.5 Å². The molecule has 0 aliphatic rings. The van der Waals surface area contributed by atoms with Crippen molar-refractivity contribution >= 4 is 6.29 Å². The van der Waals surface area contributed by atoms with Gasteiger partial charge < -0.3 is 14.6 Å². The van der Waals surface area contributed by atoms with E-state index in [4.69, 9.17) is 9.84 Å². The van der Waals surface area contributed by atoms with Gasteiger partial charge in [-0.2, -0.15) is 0 Å². The molecule has 0 amide bonds. The molecular weight excluding hydrogens is 120 g/mol. The molecule has 0 saturated heterocycles. The molecule has 1 unspecified atom stereocenters. The first-order chi connectivity index (χ1) is 4.35. The molecule has 3 heteroatoms. The van der Waals surface area contributed by atoms with Crippen LogP contribution in [0.25, 0.3) is 0 Å². The molecule has 0 heterocycles. The van der Waals surface area contributed by atoms with E-state index >= 15 is 0 Å². The van der Waals surface area contributed by atoms with Crippen molar-refractivity contribution in [2.75, 3.05) is 13.2 Å². The highest BCUT2D eigenvalue weighted by atomic mass is 16.5. The molecule has 0 spiro atoms. The highest BCUT2D eigenvalue weighted by Gasteiger charge is 1.98. The predicted molar refractivity (Wildman–Crippen MR) is 33.1 cm³/mol. The average Bonchev–Trinajstić information content (AvgIpc) is 1.91. The van der Waals surface area contributed by atoms with Crippen LogP contribution in [0, 0.1) is 0 Å². The minimum atomic E-state index is -0.572. The third-order valence-corrected chi connectivity index (χ3v) is 0.768. The fraction of sp³-hybridized carbons (Fsp3) is 0.500. The summed E-state index contributed by atoms with van der Waals surface area (Å²) in [4.78, 5) is 9.96. The first-order valence-electron chi connectivity index (χ1n) is 2.65. The minimum absolute atomic E-state index is 0.0713. The Morgan fingerprint density at radius 1 is 1.78 bits per heavy atom. The third kappa shape index (κ3) is 3.88. The Kier molecular flexibility index (Phi) is 5.06. The van der Waals surface area contributed by atoms with E-state index in [1.165, 1.54) is 6.08 Å². The monoisotopic (exact) mass is 130 g/mol. The van der Waals surface area contributed by atoms with Crippen LogP contribution in [0.15, 0.2) is 12.7 Å². The zero-order chi connectivity index (χ0) is 7.11. The Morgan fingerprint density at radius 3 is 2.78 bits per heavy atom. The van der Waals surface area contributed by atoms with Crippen molar-refractivity contribution in [1.82, 2.24) is 0 Å². The molecule has 0 saturated carbocycles. The number of hydrogen-bond donors (Lipinski definition) is 1. The lowest BCUT2D eigenvalue weighted by Gasteiger charge is -2.03. The summed E-state index contributed by atoms with van der Waals surface area (Å²) in [5.41, 5.74) is 0. The van der Waals surface area contributed by atoms with Gasteiger partial charge in [-0.1, -0.05) is 6.08 Å². The maximum atomic E-state index is 9.96. The molecule has 0 fully saturated rings. The average molecular weight is 130 g/mol. The first kappa shape index (κ1) is 8.33. The van der Waals surface area contributed by atoms with Crippen molar-refractivity contribution in [2.45, 2.75) is 6.10 Å². The zero-order valence-electron chi connectivity index (χ0n) is 5.12. The van der Waals surface area contributed by atoms with Crippen LogP contribution in [0.5, 0.6) is 0 Å². The number of ether oxygens (including phenoxy) is 1. The van der Waals surface area contributed by atoms with Gasteiger partial charge in [-0.3, -0.25) is 0 Å². The van der Waals surface area contributed by atoms with Gasteiger partial charge in [0.25, 0.3) is 0 Å². The molecule has 1 N–H and O–H groups in total. The number of aldehydes is 1. The van der Waals surface area contributed by atoms with E-state index in [9.17, 15) is 4.79 Å². The van der Waals surface area contributed by atoms with Gasteiger partial charge in [-0.05, 0) is 0 Å². The van der Waals surface area contributed by atoms with Crippen LogP contribution in [-0.4, -0.2) is 30.7 Å². The summed E-state index contributed by atoms with van der Waals surface area (Å²) < 4.78 is 4.75. The number of carbonyl (C=O) groups is 1. The van der Waals surface area contributed by atoms with E-state index in [1.54, 1.807) is 0 Å². The lowest BCUT2D eigenvalue weighted by atomic mass is 10.4. The predicted octanol–water partition coefficient (Wildman–Crippen LogP) is -0.251. The molecule has 9 heavy (non-hydrogen) atoms. The molecule has 0 aliphatic heterocycles. The Bertz CT molecular complexity index is 82.3. The second-order valence-corrected chi connectivity index (χ2v) is 1.43. The van der Waals surface area contributed by atoms with Crippen LogP contribution < -0.4 is 0 Å². The van der Waals surface area contributed by atoms with E-state index in [0.717, 1.165) is 0 Å². The van der Waals surface area contributed by atoms with Gasteiger partial charge in [0.05, 0.1) is 13.2 Å². The summed E-state index contributed by atoms with van der Waals surface area (Å²) in [5.74, 6) is 0. The van der Waals surface area contributed by atoms with Gasteiger partial charge in [0.1, 0.15) is 6.10 Å². The first-order valence-corrected chi connectivity index (χ1v) is 2.65. The van der Waals surface area contributed by atoms with E-state index < -0.39 is 6.10 Å². The molecule has 0 rings (SSSR count). The van der Waals surface area contributed by atoms with Gasteiger partial charge in [-0.25, -0.2) is 0 Å². The van der Waals surface area contributed by atoms with Crippen molar-refractivity contribution in [3.8, 4) is 0 Å². The SMILES string of the molecule is C=CC(C=O)OCCO. The van der Waals surface area contributed by atoms with E-state index in [-0.39, 0.29) is 13.2 Å². The maximum absolute atomic E-state index is 9.96. The maximum Gasteiger partial charge on any atom is 0.152 e. The third-order valence-electron chi connectivity index (χ3n) is 0.768. The largest absolute Gasteiger partial charge is 0.394 e. The number of aliphatic hydroxyl groups is 1. The van der Waals surface area contributed by atoms with Crippen LogP contribution in [0.4, 0.5) is 0 Å². The number of carbonyl (C=O) groups excluding carboxylic acids is 1. The Morgan fingerprint density at radius 2 is 2.44 bits per heavy atom. The van der Waals surface area contributed by atoms with Gasteiger partial charge in [-0.15, -0.1) is 6.58 Å². The summed E-state index contributed by atoms with van der Waals surface area (Å²) in [6, 6.07) is 0. The number of hydrogen-bond acceptors (Lipinski definition) is 3. The van der Waals surface area contributed by atoms with Crippen molar-refractivity contribution in [1.29, 1.82) is 0 Å². The van der Waals surface area contributed by atoms with Crippen molar-refractivity contribution in [2.24, 2.45) is 0 Å². The molecular formula is C6H10O3. The Hall–Kier alpha value is -0.670. The fourth-order valence-electron chi connectivity index (χ4n) is 0.352. The molecule has 1 atom stereocenters. The van der Waals surface area contributed by atoms with Gasteiger partial charge in [0.2, 0.25) is 0 Å². The zero-order valence-corrected chi connectivity index (χ0v) is 5.12. The summed E-state index contributed by atoms with van der Waals surface area (Å²) >= 11 is 0. The molecule has 0 aromatic rings. The molecule has 0 aliphatic carbocycles. The van der Waals surface area contributed by atoms with Crippen LogP contribution in [0.3, 0.4) is 0 Å². The lowest BCUT2D eigenvalue weighted by molar-refractivity contribution is -0.115. The molecule has 52 valence electrons. The molecule has 0 aromatic heterocycles. The van der Waals surface area contributed by atoms with E-state index in [1.807, 2.05) is 0 Å². The smallest absolute Gasteiger partial charge is 0.152 e. The second-order valence-electron chi connectivity index (χ2n) is 1.43.